The van der Waals surface area contributed by atoms with Gasteiger partial charge in [0.25, 0.3) is 5.91 Å². The van der Waals surface area contributed by atoms with Gasteiger partial charge in [-0.15, -0.1) is 11.8 Å². The number of aryl methyl sites for hydroxylation is 1. The average molecular weight is 575 g/mol. The molecule has 3 aliphatic rings. The van der Waals surface area contributed by atoms with Crippen LogP contribution in [0.2, 0.25) is 0 Å². The lowest BCUT2D eigenvalue weighted by Crippen LogP contribution is -2.26. The molecule has 9 heteroatoms. The molecular formula is C32H38N4O4S. The van der Waals surface area contributed by atoms with E-state index in [2.05, 4.69) is 33.6 Å². The monoisotopic (exact) mass is 574 g/mol. The number of aromatic nitrogens is 2. The first kappa shape index (κ1) is 27.9. The molecule has 1 atom stereocenters. The maximum atomic E-state index is 12.7. The fourth-order valence-corrected chi connectivity index (χ4v) is 6.17. The number of amides is 1. The number of hydrogen-bond acceptors (Lipinski definition) is 7. The Balaban J connectivity index is 1.33. The Morgan fingerprint density at radius 1 is 1.17 bits per heavy atom. The number of rotatable bonds is 10. The molecular weight excluding hydrogens is 536 g/mol. The third-order valence-corrected chi connectivity index (χ3v) is 8.94. The number of carbonyl (C=O) groups excluding carboxylic acids is 1. The predicted octanol–water partition coefficient (Wildman–Crippen LogP) is 5.99. The highest BCUT2D eigenvalue weighted by molar-refractivity contribution is 8.02. The van der Waals surface area contributed by atoms with E-state index >= 15 is 0 Å². The van der Waals surface area contributed by atoms with Crippen LogP contribution in [0.5, 0.6) is 5.75 Å². The minimum absolute atomic E-state index is 0.00328. The molecule has 2 heterocycles. The molecule has 41 heavy (non-hydrogen) atoms. The summed E-state index contributed by atoms with van der Waals surface area (Å²) >= 11 is 1.68. The third-order valence-electron chi connectivity index (χ3n) is 8.08. The minimum atomic E-state index is -0.00328. The van der Waals surface area contributed by atoms with Crippen molar-refractivity contribution in [3.63, 3.8) is 0 Å². The van der Waals surface area contributed by atoms with Gasteiger partial charge in [-0.05, 0) is 80.7 Å². The highest BCUT2D eigenvalue weighted by Crippen LogP contribution is 2.34. The molecule has 1 aliphatic heterocycles. The van der Waals surface area contributed by atoms with E-state index in [9.17, 15) is 4.79 Å². The van der Waals surface area contributed by atoms with Crippen molar-refractivity contribution in [2.45, 2.75) is 51.2 Å². The van der Waals surface area contributed by atoms with Crippen LogP contribution in [0, 0.1) is 12.8 Å². The number of imidazole rings is 1. The van der Waals surface area contributed by atoms with Gasteiger partial charge in [-0.1, -0.05) is 0 Å². The zero-order valence-corrected chi connectivity index (χ0v) is 24.8. The molecule has 1 amide bonds. The molecule has 216 valence electrons. The van der Waals surface area contributed by atoms with Crippen molar-refractivity contribution >= 4 is 34.4 Å². The summed E-state index contributed by atoms with van der Waals surface area (Å²) in [5, 5.41) is 6.77. The molecule has 1 saturated heterocycles. The van der Waals surface area contributed by atoms with Crippen LogP contribution in [0.25, 0.3) is 16.7 Å². The summed E-state index contributed by atoms with van der Waals surface area (Å²) in [5.41, 5.74) is 5.36. The van der Waals surface area contributed by atoms with Crippen molar-refractivity contribution in [2.75, 3.05) is 38.4 Å². The molecule has 0 spiro atoms. The van der Waals surface area contributed by atoms with Gasteiger partial charge >= 0.3 is 0 Å². The Hall–Kier alpha value is -3.27. The van der Waals surface area contributed by atoms with E-state index in [1.54, 1.807) is 18.9 Å². The van der Waals surface area contributed by atoms with Gasteiger partial charge in [0.05, 0.1) is 17.3 Å². The molecule has 2 N–H and O–H groups in total. The zero-order chi connectivity index (χ0) is 28.3. The van der Waals surface area contributed by atoms with Gasteiger partial charge in [-0.2, -0.15) is 0 Å². The zero-order valence-electron chi connectivity index (χ0n) is 23.9. The molecule has 3 aromatic rings. The van der Waals surface area contributed by atoms with Crippen molar-refractivity contribution < 1.29 is 19.0 Å². The second-order valence-corrected chi connectivity index (χ2v) is 11.9. The molecule has 0 bridgehead atoms. The van der Waals surface area contributed by atoms with Crippen LogP contribution in [0.3, 0.4) is 0 Å². The van der Waals surface area contributed by atoms with Crippen molar-refractivity contribution in [1.82, 2.24) is 14.9 Å². The lowest BCUT2D eigenvalue weighted by atomic mass is 10.0. The van der Waals surface area contributed by atoms with Crippen LogP contribution >= 0.6 is 11.8 Å². The molecule has 1 unspecified atom stereocenters. The number of allylic oxidation sites excluding steroid dienone is 1. The molecule has 2 aromatic carbocycles. The van der Waals surface area contributed by atoms with Crippen molar-refractivity contribution in [3.05, 3.63) is 70.6 Å². The SMILES string of the molecule is COC1CC=C(Oc2cc(NCC3CCOCC3)c3ncn(-c4ccc(C(=O)NC5CC5)c(C)c4)c3c2)C=C1SC. The van der Waals surface area contributed by atoms with E-state index in [1.165, 1.54) is 0 Å². The topological polar surface area (TPSA) is 86.6 Å². The fourth-order valence-electron chi connectivity index (χ4n) is 5.48. The first-order valence-corrected chi connectivity index (χ1v) is 15.7. The maximum Gasteiger partial charge on any atom is 0.251 e. The summed E-state index contributed by atoms with van der Waals surface area (Å²) in [6.45, 7) is 4.47. The van der Waals surface area contributed by atoms with Crippen LogP contribution < -0.4 is 15.4 Å². The fraction of sp³-hybridized carbons (Fsp3) is 0.438. The third kappa shape index (κ3) is 6.32. The maximum absolute atomic E-state index is 12.7. The summed E-state index contributed by atoms with van der Waals surface area (Å²) in [7, 11) is 1.74. The van der Waals surface area contributed by atoms with E-state index in [1.807, 2.05) is 43.6 Å². The van der Waals surface area contributed by atoms with Gasteiger partial charge in [-0.3, -0.25) is 9.36 Å². The number of ether oxygens (including phenoxy) is 3. The van der Waals surface area contributed by atoms with Crippen molar-refractivity contribution in [2.24, 2.45) is 5.92 Å². The van der Waals surface area contributed by atoms with Gasteiger partial charge in [0, 0.05) is 67.6 Å². The molecule has 8 nitrogen and oxygen atoms in total. The number of carbonyl (C=O) groups is 1. The molecule has 1 aromatic heterocycles. The van der Waals surface area contributed by atoms with Crippen LogP contribution in [0.1, 0.15) is 48.0 Å². The van der Waals surface area contributed by atoms with Gasteiger partial charge in [0.2, 0.25) is 0 Å². The lowest BCUT2D eigenvalue weighted by Gasteiger charge is -2.23. The van der Waals surface area contributed by atoms with E-state index in [4.69, 9.17) is 19.2 Å². The smallest absolute Gasteiger partial charge is 0.251 e. The van der Waals surface area contributed by atoms with E-state index < -0.39 is 0 Å². The summed E-state index contributed by atoms with van der Waals surface area (Å²) in [4.78, 5) is 18.7. The molecule has 6 rings (SSSR count). The van der Waals surface area contributed by atoms with Crippen molar-refractivity contribution in [3.8, 4) is 11.4 Å². The largest absolute Gasteiger partial charge is 0.458 e. The van der Waals surface area contributed by atoms with Crippen LogP contribution in [-0.4, -0.2) is 60.7 Å². The Bertz CT molecular complexity index is 1490. The lowest BCUT2D eigenvalue weighted by molar-refractivity contribution is 0.0699. The quantitative estimate of drug-likeness (QED) is 0.308. The average Bonchev–Trinajstić information content (AvgIpc) is 3.71. The first-order valence-electron chi connectivity index (χ1n) is 14.4. The number of hydrogen-bond donors (Lipinski definition) is 2. The van der Waals surface area contributed by atoms with E-state index in [0.29, 0.717) is 17.5 Å². The number of thioether (sulfide) groups is 1. The van der Waals surface area contributed by atoms with Crippen LogP contribution in [0.15, 0.2) is 59.5 Å². The second-order valence-electron chi connectivity index (χ2n) is 11.1. The highest BCUT2D eigenvalue weighted by atomic mass is 32.2. The van der Waals surface area contributed by atoms with Crippen molar-refractivity contribution in [1.29, 1.82) is 0 Å². The normalized spacial score (nSPS) is 19.5. The number of fused-ring (bicyclic) bond motifs is 1. The Morgan fingerprint density at radius 3 is 2.73 bits per heavy atom. The van der Waals surface area contributed by atoms with Gasteiger partial charge in [0.1, 0.15) is 23.4 Å². The summed E-state index contributed by atoms with van der Waals surface area (Å²) in [6.07, 6.45) is 13.1. The molecule has 0 radical (unpaired) electrons. The summed E-state index contributed by atoms with van der Waals surface area (Å²) in [6, 6.07) is 10.4. The molecule has 1 saturated carbocycles. The van der Waals surface area contributed by atoms with Gasteiger partial charge < -0.3 is 24.8 Å². The first-order chi connectivity index (χ1) is 20.0. The number of methoxy groups -OCH3 is 1. The predicted molar refractivity (Wildman–Crippen MR) is 164 cm³/mol. The van der Waals surface area contributed by atoms with E-state index in [-0.39, 0.29) is 12.0 Å². The molecule has 2 fully saturated rings. The summed E-state index contributed by atoms with van der Waals surface area (Å²) < 4.78 is 19.7. The van der Waals surface area contributed by atoms with Crippen LogP contribution in [-0.2, 0) is 9.47 Å². The second kappa shape index (κ2) is 12.3. The number of nitrogens with one attached hydrogen (secondary N) is 2. The minimum Gasteiger partial charge on any atom is -0.458 e. The number of benzene rings is 2. The van der Waals surface area contributed by atoms with Gasteiger partial charge in [-0.25, -0.2) is 4.98 Å². The van der Waals surface area contributed by atoms with E-state index in [0.717, 1.165) is 96.2 Å². The Labute approximate surface area is 245 Å². The number of nitrogens with zero attached hydrogens (tertiary/aromatic N) is 2. The Kier molecular flexibility index (Phi) is 8.37. The standard InChI is InChI=1S/C32H38N4O4S/c1-20-14-23(6-8-26(20)32(37)35-22-4-5-22)36-19-34-31-27(33-18-21-10-12-39-13-11-21)15-25(16-28(31)36)40-24-7-9-29(38-2)30(17-24)41-3/h6-8,14-17,19,21-22,29,33H,4-5,9-13,18H2,1-3H3,(H,35,37). The Morgan fingerprint density at radius 2 is 2.00 bits per heavy atom. The van der Waals surface area contributed by atoms with Gasteiger partial charge in [0.15, 0.2) is 0 Å². The highest BCUT2D eigenvalue weighted by Gasteiger charge is 2.25. The summed E-state index contributed by atoms with van der Waals surface area (Å²) in [5.74, 6) is 2.10. The number of anilines is 1. The van der Waals surface area contributed by atoms with Crippen LogP contribution in [0.4, 0.5) is 5.69 Å². The molecule has 2 aliphatic carbocycles.